The maximum Gasteiger partial charge on any atom is 3.00 e. The van der Waals surface area contributed by atoms with Gasteiger partial charge in [-0.2, -0.15) is 7.26 Å². The Morgan fingerprint density at radius 3 is 0.600 bits per heavy atom. The van der Waals surface area contributed by atoms with Gasteiger partial charge in [-0.1, -0.05) is 0 Å². The summed E-state index contributed by atoms with van der Waals surface area (Å²) < 4.78 is 116. The van der Waals surface area contributed by atoms with Crippen LogP contribution in [0.4, 0.5) is 0 Å². The van der Waals surface area contributed by atoms with Crippen molar-refractivity contribution in [3.05, 3.63) is 0 Å². The van der Waals surface area contributed by atoms with Gasteiger partial charge in [-0.05, 0) is 0 Å². The molecule has 0 amide bonds. The summed E-state index contributed by atoms with van der Waals surface area (Å²) in [5.41, 5.74) is 0. The van der Waals surface area contributed by atoms with Crippen LogP contribution in [0.3, 0.4) is 0 Å². The third kappa shape index (κ3) is 36.4. The fourth-order valence-electron chi connectivity index (χ4n) is 0.204. The zero-order valence-electron chi connectivity index (χ0n) is 8.66. The van der Waals surface area contributed by atoms with Crippen molar-refractivity contribution >= 4 is 41.6 Å². The molecule has 0 aliphatic heterocycles. The number of hydrogen-bond donors (Lipinski definition) is 1. The summed E-state index contributed by atoms with van der Waals surface area (Å²) in [6.07, 6.45) is 0. The van der Waals surface area contributed by atoms with Crippen molar-refractivity contribution in [2.45, 2.75) is 0 Å². The molecule has 0 heterocycles. The molecule has 4 N–H and O–H groups in total. The Morgan fingerprint density at radius 2 is 0.600 bits per heavy atom. The van der Waals surface area contributed by atoms with E-state index in [0.717, 1.165) is 0 Å². The Labute approximate surface area is 144 Å². The minimum Gasteiger partial charge on any atom is -0.725 e. The molecule has 0 aromatic carbocycles. The van der Waals surface area contributed by atoms with Crippen LogP contribution in [0, 0.1) is 38.2 Å². The first-order chi connectivity index (χ1) is 7.41. The van der Waals surface area contributed by atoms with E-state index < -0.39 is 41.6 Å². The molecule has 0 aromatic rings. The van der Waals surface area contributed by atoms with Crippen molar-refractivity contribution in [3.8, 4) is 0 Å². The molecule has 15 nitrogen and oxygen atoms in total. The first-order valence-electron chi connectivity index (χ1n) is 2.67. The van der Waals surface area contributed by atoms with E-state index in [2.05, 4.69) is 7.26 Å². The molecule has 0 saturated heterocycles. The summed E-state index contributed by atoms with van der Waals surface area (Å²) >= 11 is 0. The monoisotopic (exact) mass is 534 g/mol. The average molecular weight is 533 g/mol. The summed E-state index contributed by atoms with van der Waals surface area (Å²) in [6.45, 7) is 0. The first-order valence-corrected chi connectivity index (χ1v) is 8.00. The summed E-state index contributed by atoms with van der Waals surface area (Å²) in [5.74, 6) is 0. The third-order valence-corrected chi connectivity index (χ3v) is 3.00. The minimum atomic E-state index is -5.43. The molecule has 0 fully saturated rings. The Hall–Kier alpha value is 0.793. The molecule has 20 heteroatoms. The van der Waals surface area contributed by atoms with E-state index in [1.54, 1.807) is 0 Å². The molecule has 0 rings (SSSR count). The van der Waals surface area contributed by atoms with E-state index in [9.17, 15) is 51.9 Å². The SMILES string of the molecule is O=S(=O)([O-])OS(=O)(=O)[O-].O=S(=O)([O-])OS(=O)(=O)[O-].[Dy+3].[NH4+]. The second-order valence-electron chi connectivity index (χ2n) is 1.77. The zero-order valence-corrected chi connectivity index (χ0v) is 14.0. The fraction of sp³-hybridized carbons (Fsp3) is 0. The van der Waals surface area contributed by atoms with E-state index in [1.165, 1.54) is 0 Å². The molecule has 0 saturated carbocycles. The quantitative estimate of drug-likeness (QED) is 0.268. The molecule has 0 aromatic heterocycles. The minimum absolute atomic E-state index is 0. The Bertz CT molecular complexity index is 537. The van der Waals surface area contributed by atoms with Gasteiger partial charge < -0.3 is 24.4 Å². The summed E-state index contributed by atoms with van der Waals surface area (Å²) in [7, 11) is -21.7. The predicted molar refractivity (Wildman–Crippen MR) is 46.9 cm³/mol. The molecular formula is H4DyNO14S4. The first kappa shape index (κ1) is 28.9. The second kappa shape index (κ2) is 9.74. The van der Waals surface area contributed by atoms with Gasteiger partial charge in [0, 0.05) is 0 Å². The van der Waals surface area contributed by atoms with Crippen LogP contribution in [-0.4, -0.2) is 51.9 Å². The maximum absolute atomic E-state index is 9.29. The van der Waals surface area contributed by atoms with E-state index in [4.69, 9.17) is 0 Å². The zero-order chi connectivity index (χ0) is 15.4. The van der Waals surface area contributed by atoms with Gasteiger partial charge in [0.05, 0.1) is 0 Å². The second-order valence-corrected chi connectivity index (χ2v) is 6.12. The maximum atomic E-state index is 9.29. The van der Waals surface area contributed by atoms with Gasteiger partial charge in [0.2, 0.25) is 41.6 Å². The molecule has 0 aliphatic carbocycles. The number of hydrogen-bond acceptors (Lipinski definition) is 14. The van der Waals surface area contributed by atoms with Crippen LogP contribution >= 0.6 is 0 Å². The van der Waals surface area contributed by atoms with Crippen molar-refractivity contribution in [1.29, 1.82) is 0 Å². The molecule has 0 unspecified atom stereocenters. The van der Waals surface area contributed by atoms with Crippen molar-refractivity contribution in [1.82, 2.24) is 6.15 Å². The van der Waals surface area contributed by atoms with Gasteiger partial charge in [0.25, 0.3) is 0 Å². The van der Waals surface area contributed by atoms with Crippen molar-refractivity contribution in [2.75, 3.05) is 0 Å². The average Bonchev–Trinajstić information content (AvgIpc) is 1.64. The van der Waals surface area contributed by atoms with Crippen molar-refractivity contribution in [3.63, 3.8) is 0 Å². The van der Waals surface area contributed by atoms with Crippen molar-refractivity contribution in [2.24, 2.45) is 0 Å². The van der Waals surface area contributed by atoms with Crippen LogP contribution in [0.5, 0.6) is 0 Å². The smallest absolute Gasteiger partial charge is 0.725 e. The normalized spacial score (nSPS) is 12.2. The topological polar surface area (TPSA) is 284 Å². The molecule has 127 valence electrons. The van der Waals surface area contributed by atoms with Gasteiger partial charge in [-0.3, -0.25) is 0 Å². The van der Waals surface area contributed by atoms with E-state index in [1.807, 2.05) is 0 Å². The van der Waals surface area contributed by atoms with Crippen LogP contribution in [0.2, 0.25) is 0 Å². The van der Waals surface area contributed by atoms with E-state index in [0.29, 0.717) is 0 Å². The van der Waals surface area contributed by atoms with E-state index in [-0.39, 0.29) is 44.3 Å². The van der Waals surface area contributed by atoms with Gasteiger partial charge in [0.1, 0.15) is 0 Å². The molecule has 1 radical (unpaired) electrons. The molecule has 0 bridgehead atoms. The van der Waals surface area contributed by atoms with Gasteiger partial charge in [0.15, 0.2) is 0 Å². The van der Waals surface area contributed by atoms with Crippen LogP contribution in [0.15, 0.2) is 0 Å². The standard InChI is InChI=1S/Dy.H3N.2H2O7S2/c;;2*1-8(2,3)7-9(4,5)6/h;1H3;2*(H,1,2,3)(H,4,5,6)/q+3;;;/p-3. The van der Waals surface area contributed by atoms with Gasteiger partial charge >= 0.3 is 38.2 Å². The summed E-state index contributed by atoms with van der Waals surface area (Å²) in [5, 5.41) is 0. The summed E-state index contributed by atoms with van der Waals surface area (Å²) in [4.78, 5) is 0. The van der Waals surface area contributed by atoms with Crippen molar-refractivity contribution < 1.29 is 97.3 Å². The molecular weight excluding hydrogens is 529 g/mol. The van der Waals surface area contributed by atoms with Crippen LogP contribution in [0.25, 0.3) is 0 Å². The van der Waals surface area contributed by atoms with E-state index >= 15 is 0 Å². The Kier molecular flexibility index (Phi) is 14.1. The molecule has 0 spiro atoms. The molecule has 20 heavy (non-hydrogen) atoms. The number of rotatable bonds is 4. The molecule has 0 atom stereocenters. The summed E-state index contributed by atoms with van der Waals surface area (Å²) in [6, 6.07) is 0. The predicted octanol–water partition coefficient (Wildman–Crippen LogP) is -3.78. The Balaban J connectivity index is -0.000000116. The third-order valence-electron chi connectivity index (χ3n) is 0.333. The van der Waals surface area contributed by atoms with Crippen LogP contribution in [0.1, 0.15) is 0 Å². The van der Waals surface area contributed by atoms with Crippen LogP contribution < -0.4 is 6.15 Å². The fourth-order valence-corrected chi connectivity index (χ4v) is 1.84. The van der Waals surface area contributed by atoms with Gasteiger partial charge in [-0.15, -0.1) is 0 Å². The number of quaternary nitrogens is 1. The molecule has 0 aliphatic rings. The Morgan fingerprint density at radius 1 is 0.500 bits per heavy atom. The van der Waals surface area contributed by atoms with Crippen LogP contribution in [-0.2, 0) is 48.9 Å². The largest absolute Gasteiger partial charge is 3.00 e. The van der Waals surface area contributed by atoms with Gasteiger partial charge in [-0.25, -0.2) is 33.7 Å².